The van der Waals surface area contributed by atoms with Crippen LogP contribution in [0.2, 0.25) is 0 Å². The SMILES string of the molecule is COCCC(C)(C)Oc1ccc(C)cc1. The maximum absolute atomic E-state index is 5.88. The Hall–Kier alpha value is -1.02. The van der Waals surface area contributed by atoms with Crippen molar-refractivity contribution in [2.75, 3.05) is 13.7 Å². The van der Waals surface area contributed by atoms with Crippen molar-refractivity contribution in [2.45, 2.75) is 32.8 Å². The van der Waals surface area contributed by atoms with Crippen LogP contribution in [0.5, 0.6) is 5.75 Å². The third-order valence-electron chi connectivity index (χ3n) is 2.32. The second kappa shape index (κ2) is 5.17. The average molecular weight is 208 g/mol. The minimum Gasteiger partial charge on any atom is -0.488 e. The maximum Gasteiger partial charge on any atom is 0.120 e. The van der Waals surface area contributed by atoms with Gasteiger partial charge in [0.2, 0.25) is 0 Å². The lowest BCUT2D eigenvalue weighted by Crippen LogP contribution is -2.29. The van der Waals surface area contributed by atoms with Gasteiger partial charge in [0.05, 0.1) is 0 Å². The van der Waals surface area contributed by atoms with Crippen LogP contribution >= 0.6 is 0 Å². The van der Waals surface area contributed by atoms with Gasteiger partial charge < -0.3 is 9.47 Å². The fourth-order valence-electron chi connectivity index (χ4n) is 1.32. The fourth-order valence-corrected chi connectivity index (χ4v) is 1.32. The lowest BCUT2D eigenvalue weighted by atomic mass is 10.1. The minimum absolute atomic E-state index is 0.175. The van der Waals surface area contributed by atoms with Gasteiger partial charge in [-0.2, -0.15) is 0 Å². The molecule has 0 amide bonds. The molecule has 1 rings (SSSR count). The first-order valence-electron chi connectivity index (χ1n) is 5.28. The van der Waals surface area contributed by atoms with E-state index in [0.29, 0.717) is 0 Å². The van der Waals surface area contributed by atoms with Gasteiger partial charge in [-0.1, -0.05) is 17.7 Å². The van der Waals surface area contributed by atoms with Crippen molar-refractivity contribution in [1.29, 1.82) is 0 Å². The van der Waals surface area contributed by atoms with E-state index in [0.717, 1.165) is 18.8 Å². The standard InChI is InChI=1S/C13H20O2/c1-11-5-7-12(8-6-11)15-13(2,3)9-10-14-4/h5-8H,9-10H2,1-4H3. The third kappa shape index (κ3) is 4.34. The molecule has 1 aromatic carbocycles. The minimum atomic E-state index is -0.175. The van der Waals surface area contributed by atoms with Crippen LogP contribution in [0.3, 0.4) is 0 Å². The van der Waals surface area contributed by atoms with Crippen LogP contribution in [0.15, 0.2) is 24.3 Å². The van der Waals surface area contributed by atoms with Gasteiger partial charge in [0.25, 0.3) is 0 Å². The van der Waals surface area contributed by atoms with Crippen LogP contribution in [-0.4, -0.2) is 19.3 Å². The van der Waals surface area contributed by atoms with E-state index in [1.165, 1.54) is 5.56 Å². The van der Waals surface area contributed by atoms with Crippen molar-refractivity contribution >= 4 is 0 Å². The van der Waals surface area contributed by atoms with Crippen molar-refractivity contribution in [2.24, 2.45) is 0 Å². The zero-order valence-corrected chi connectivity index (χ0v) is 10.0. The first-order valence-corrected chi connectivity index (χ1v) is 5.28. The molecule has 0 saturated carbocycles. The summed E-state index contributed by atoms with van der Waals surface area (Å²) in [5, 5.41) is 0. The highest BCUT2D eigenvalue weighted by atomic mass is 16.5. The number of methoxy groups -OCH3 is 1. The Bertz CT molecular complexity index is 288. The van der Waals surface area contributed by atoms with Gasteiger partial charge in [0.15, 0.2) is 0 Å². The first-order chi connectivity index (χ1) is 7.03. The molecule has 0 fully saturated rings. The number of rotatable bonds is 5. The summed E-state index contributed by atoms with van der Waals surface area (Å²) in [6.07, 6.45) is 0.886. The van der Waals surface area contributed by atoms with Crippen molar-refractivity contribution in [3.05, 3.63) is 29.8 Å². The van der Waals surface area contributed by atoms with E-state index >= 15 is 0 Å². The quantitative estimate of drug-likeness (QED) is 0.740. The number of benzene rings is 1. The van der Waals surface area contributed by atoms with E-state index in [9.17, 15) is 0 Å². The predicted molar refractivity (Wildman–Crippen MR) is 62.4 cm³/mol. The highest BCUT2D eigenvalue weighted by molar-refractivity contribution is 5.26. The summed E-state index contributed by atoms with van der Waals surface area (Å²) in [6.45, 7) is 6.94. The van der Waals surface area contributed by atoms with Crippen LogP contribution < -0.4 is 4.74 Å². The summed E-state index contributed by atoms with van der Waals surface area (Å²) in [4.78, 5) is 0. The smallest absolute Gasteiger partial charge is 0.120 e. The first kappa shape index (κ1) is 12.1. The molecule has 0 spiro atoms. The molecule has 0 atom stereocenters. The van der Waals surface area contributed by atoms with Crippen LogP contribution in [0, 0.1) is 6.92 Å². The molecule has 0 saturated heterocycles. The molecule has 15 heavy (non-hydrogen) atoms. The Balaban J connectivity index is 2.56. The molecule has 0 unspecified atom stereocenters. The van der Waals surface area contributed by atoms with E-state index in [1.807, 2.05) is 12.1 Å². The zero-order valence-electron chi connectivity index (χ0n) is 10.0. The molecule has 0 radical (unpaired) electrons. The molecule has 84 valence electrons. The van der Waals surface area contributed by atoms with E-state index in [1.54, 1.807) is 7.11 Å². The van der Waals surface area contributed by atoms with Gasteiger partial charge in [0, 0.05) is 20.1 Å². The Morgan fingerprint density at radius 3 is 2.27 bits per heavy atom. The molecule has 0 aromatic heterocycles. The highest BCUT2D eigenvalue weighted by Crippen LogP contribution is 2.21. The summed E-state index contributed by atoms with van der Waals surface area (Å²) in [5.41, 5.74) is 1.07. The van der Waals surface area contributed by atoms with Gasteiger partial charge in [-0.25, -0.2) is 0 Å². The van der Waals surface area contributed by atoms with Crippen LogP contribution in [0.4, 0.5) is 0 Å². The second-order valence-electron chi connectivity index (χ2n) is 4.42. The number of hydrogen-bond acceptors (Lipinski definition) is 2. The monoisotopic (exact) mass is 208 g/mol. The molecule has 2 heteroatoms. The van der Waals surface area contributed by atoms with Crippen molar-refractivity contribution in [1.82, 2.24) is 0 Å². The van der Waals surface area contributed by atoms with Crippen LogP contribution in [-0.2, 0) is 4.74 Å². The summed E-state index contributed by atoms with van der Waals surface area (Å²) < 4.78 is 10.9. The fraction of sp³-hybridized carbons (Fsp3) is 0.538. The highest BCUT2D eigenvalue weighted by Gasteiger charge is 2.19. The summed E-state index contributed by atoms with van der Waals surface area (Å²) in [7, 11) is 1.71. The zero-order chi connectivity index (χ0) is 11.3. The van der Waals surface area contributed by atoms with Gasteiger partial charge in [-0.05, 0) is 32.9 Å². The normalized spacial score (nSPS) is 11.5. The van der Waals surface area contributed by atoms with Crippen LogP contribution in [0.1, 0.15) is 25.8 Å². The summed E-state index contributed by atoms with van der Waals surface area (Å²) >= 11 is 0. The van der Waals surface area contributed by atoms with E-state index in [2.05, 4.69) is 32.9 Å². The van der Waals surface area contributed by atoms with E-state index in [4.69, 9.17) is 9.47 Å². The molecule has 0 heterocycles. The van der Waals surface area contributed by atoms with Crippen molar-refractivity contribution in [3.8, 4) is 5.75 Å². The molecule has 0 aliphatic carbocycles. The lowest BCUT2D eigenvalue weighted by Gasteiger charge is -2.26. The van der Waals surface area contributed by atoms with Crippen molar-refractivity contribution < 1.29 is 9.47 Å². The van der Waals surface area contributed by atoms with E-state index < -0.39 is 0 Å². The second-order valence-corrected chi connectivity index (χ2v) is 4.42. The Labute approximate surface area is 92.2 Å². The molecule has 0 bridgehead atoms. The molecule has 0 aliphatic rings. The molecule has 2 nitrogen and oxygen atoms in total. The number of aryl methyl sites for hydroxylation is 1. The number of hydrogen-bond donors (Lipinski definition) is 0. The molecule has 0 aliphatic heterocycles. The predicted octanol–water partition coefficient (Wildman–Crippen LogP) is 3.19. The molecular formula is C13H20O2. The molecule has 0 N–H and O–H groups in total. The topological polar surface area (TPSA) is 18.5 Å². The Morgan fingerprint density at radius 1 is 1.13 bits per heavy atom. The lowest BCUT2D eigenvalue weighted by molar-refractivity contribution is 0.0630. The Kier molecular flexibility index (Phi) is 4.15. The summed E-state index contributed by atoms with van der Waals surface area (Å²) in [5.74, 6) is 0.918. The third-order valence-corrected chi connectivity index (χ3v) is 2.32. The largest absolute Gasteiger partial charge is 0.488 e. The van der Waals surface area contributed by atoms with Gasteiger partial charge in [0.1, 0.15) is 11.4 Å². The maximum atomic E-state index is 5.88. The molecule has 1 aromatic rings. The van der Waals surface area contributed by atoms with Gasteiger partial charge >= 0.3 is 0 Å². The Morgan fingerprint density at radius 2 is 1.73 bits per heavy atom. The molecular weight excluding hydrogens is 188 g/mol. The van der Waals surface area contributed by atoms with Crippen molar-refractivity contribution in [3.63, 3.8) is 0 Å². The van der Waals surface area contributed by atoms with Gasteiger partial charge in [-0.15, -0.1) is 0 Å². The van der Waals surface area contributed by atoms with Crippen LogP contribution in [0.25, 0.3) is 0 Å². The van der Waals surface area contributed by atoms with E-state index in [-0.39, 0.29) is 5.60 Å². The summed E-state index contributed by atoms with van der Waals surface area (Å²) in [6, 6.07) is 8.12. The average Bonchev–Trinajstić information content (AvgIpc) is 2.18. The van der Waals surface area contributed by atoms with Gasteiger partial charge in [-0.3, -0.25) is 0 Å². The number of ether oxygens (including phenoxy) is 2.